The molecule has 2 aliphatic rings. The van der Waals surface area contributed by atoms with Crippen LogP contribution in [0.25, 0.3) is 0 Å². The highest BCUT2D eigenvalue weighted by Crippen LogP contribution is 2.26. The topological polar surface area (TPSA) is 83.5 Å². The van der Waals surface area contributed by atoms with Crippen LogP contribution in [0.15, 0.2) is 54.6 Å². The zero-order chi connectivity index (χ0) is 22.6. The second-order valence-corrected chi connectivity index (χ2v) is 8.04. The normalized spacial score (nSPS) is 25.3. The number of esters is 1. The summed E-state index contributed by atoms with van der Waals surface area (Å²) in [7, 11) is 1.31. The highest BCUT2D eigenvalue weighted by Gasteiger charge is 2.41. The van der Waals surface area contributed by atoms with Gasteiger partial charge in [0.25, 0.3) is 5.79 Å². The molecule has 0 N–H and O–H groups in total. The summed E-state index contributed by atoms with van der Waals surface area (Å²) >= 11 is 0. The molecule has 2 aliphatic heterocycles. The van der Waals surface area contributed by atoms with E-state index in [2.05, 4.69) is 0 Å². The van der Waals surface area contributed by atoms with Crippen molar-refractivity contribution >= 4 is 17.7 Å². The van der Waals surface area contributed by atoms with Gasteiger partial charge in [0.05, 0.1) is 26.9 Å². The molecule has 0 radical (unpaired) electrons. The van der Waals surface area contributed by atoms with Crippen LogP contribution in [-0.4, -0.2) is 57.4 Å². The van der Waals surface area contributed by atoms with Crippen LogP contribution < -0.4 is 9.64 Å². The van der Waals surface area contributed by atoms with Crippen LogP contribution >= 0.6 is 0 Å². The summed E-state index contributed by atoms with van der Waals surface area (Å²) in [4.78, 5) is 25.5. The summed E-state index contributed by atoms with van der Waals surface area (Å²) < 4.78 is 27.2. The molecule has 0 aliphatic carbocycles. The van der Waals surface area contributed by atoms with Gasteiger partial charge in [0.1, 0.15) is 12.4 Å². The molecule has 0 aromatic heterocycles. The van der Waals surface area contributed by atoms with Crippen molar-refractivity contribution in [3.05, 3.63) is 60.2 Å². The summed E-state index contributed by atoms with van der Waals surface area (Å²) in [5.41, 5.74) is 1.92. The van der Waals surface area contributed by atoms with Crippen molar-refractivity contribution in [1.82, 2.24) is 0 Å². The summed E-state index contributed by atoms with van der Waals surface area (Å²) in [6.07, 6.45) is 0.0625. The van der Waals surface area contributed by atoms with Gasteiger partial charge in [-0.15, -0.1) is 0 Å². The van der Waals surface area contributed by atoms with E-state index in [1.165, 1.54) is 7.11 Å². The lowest BCUT2D eigenvalue weighted by Gasteiger charge is -2.35. The van der Waals surface area contributed by atoms with E-state index in [9.17, 15) is 9.59 Å². The van der Waals surface area contributed by atoms with Gasteiger partial charge < -0.3 is 23.7 Å². The minimum atomic E-state index is -1.33. The van der Waals surface area contributed by atoms with Crippen LogP contribution in [-0.2, 0) is 30.2 Å². The Morgan fingerprint density at radius 1 is 1.09 bits per heavy atom. The third kappa shape index (κ3) is 5.03. The Hall–Kier alpha value is -3.10. The molecule has 8 heteroatoms. The van der Waals surface area contributed by atoms with Crippen molar-refractivity contribution in [2.24, 2.45) is 5.92 Å². The number of carbonyl (C=O) groups excluding carboxylic acids is 2. The average molecular weight is 441 g/mol. The van der Waals surface area contributed by atoms with E-state index in [0.29, 0.717) is 25.5 Å². The summed E-state index contributed by atoms with van der Waals surface area (Å²) in [5.74, 6) is -1.01. The Morgan fingerprint density at radius 2 is 1.78 bits per heavy atom. The average Bonchev–Trinajstić information content (AvgIpc) is 3.20. The largest absolute Gasteiger partial charge is 0.490 e. The zero-order valence-electron chi connectivity index (χ0n) is 18.2. The number of hydrogen-bond donors (Lipinski definition) is 0. The molecule has 2 aromatic rings. The number of carbonyl (C=O) groups is 2. The van der Waals surface area contributed by atoms with Gasteiger partial charge in [0.2, 0.25) is 0 Å². The molecule has 2 aromatic carbocycles. The first-order chi connectivity index (χ1) is 15.5. The van der Waals surface area contributed by atoms with Gasteiger partial charge in [-0.3, -0.25) is 4.90 Å². The van der Waals surface area contributed by atoms with Crippen molar-refractivity contribution in [3.8, 4) is 5.75 Å². The van der Waals surface area contributed by atoms with Crippen molar-refractivity contribution < 1.29 is 33.3 Å². The van der Waals surface area contributed by atoms with E-state index in [-0.39, 0.29) is 24.7 Å². The first-order valence-electron chi connectivity index (χ1n) is 10.6. The maximum absolute atomic E-state index is 12.1. The summed E-state index contributed by atoms with van der Waals surface area (Å²) in [6, 6.07) is 17.2. The van der Waals surface area contributed by atoms with Crippen LogP contribution in [0.2, 0.25) is 0 Å². The van der Waals surface area contributed by atoms with Crippen LogP contribution in [0.1, 0.15) is 12.5 Å². The summed E-state index contributed by atoms with van der Waals surface area (Å²) in [5, 5.41) is 0. The predicted molar refractivity (Wildman–Crippen MR) is 116 cm³/mol. The van der Waals surface area contributed by atoms with Crippen molar-refractivity contribution in [2.75, 3.05) is 38.4 Å². The van der Waals surface area contributed by atoms with Crippen molar-refractivity contribution in [3.63, 3.8) is 0 Å². The van der Waals surface area contributed by atoms with Crippen molar-refractivity contribution in [1.29, 1.82) is 0 Å². The van der Waals surface area contributed by atoms with Crippen LogP contribution in [0, 0.1) is 5.92 Å². The van der Waals surface area contributed by atoms with Crippen molar-refractivity contribution in [2.45, 2.75) is 25.2 Å². The first-order valence-corrected chi connectivity index (χ1v) is 10.6. The van der Waals surface area contributed by atoms with E-state index >= 15 is 0 Å². The van der Waals surface area contributed by atoms with Crippen LogP contribution in [0.5, 0.6) is 5.75 Å². The molecule has 0 spiro atoms. The molecule has 2 fully saturated rings. The third-order valence-electron chi connectivity index (χ3n) is 5.57. The number of methoxy groups -OCH3 is 1. The highest BCUT2D eigenvalue weighted by molar-refractivity contribution is 5.89. The summed E-state index contributed by atoms with van der Waals surface area (Å²) in [6.45, 7) is 3.13. The number of hydrogen-bond acceptors (Lipinski definition) is 7. The third-order valence-corrected chi connectivity index (χ3v) is 5.57. The Labute approximate surface area is 187 Å². The van der Waals surface area contributed by atoms with Crippen LogP contribution in [0.3, 0.4) is 0 Å². The lowest BCUT2D eigenvalue weighted by molar-refractivity contribution is -0.272. The number of rotatable bonds is 7. The quantitative estimate of drug-likeness (QED) is 0.610. The smallest absolute Gasteiger partial charge is 0.414 e. The van der Waals surface area contributed by atoms with Crippen LogP contribution in [0.4, 0.5) is 10.5 Å². The molecule has 0 bridgehead atoms. The molecule has 4 rings (SSSR count). The number of nitrogens with zero attached hydrogens (tertiary/aromatic N) is 1. The standard InChI is InChI=1S/C24H27NO7/c1-24(22(26)28-2)30-14-18(15-31-24)12-17-8-10-20(11-9-17)29-16-21-13-25(23(27)32-21)19-6-4-3-5-7-19/h3-11,18,21H,12-16H2,1-2H3/t18-,21?,24+. The molecular formula is C24H27NO7. The highest BCUT2D eigenvalue weighted by atomic mass is 16.7. The number of ether oxygens (including phenoxy) is 5. The molecular weight excluding hydrogens is 414 g/mol. The molecule has 1 atom stereocenters. The molecule has 8 nitrogen and oxygen atoms in total. The zero-order valence-corrected chi connectivity index (χ0v) is 18.2. The molecule has 0 saturated carbocycles. The number of para-hydroxylation sites is 1. The minimum absolute atomic E-state index is 0.140. The Bertz CT molecular complexity index is 923. The molecule has 32 heavy (non-hydrogen) atoms. The predicted octanol–water partition coefficient (Wildman–Crippen LogP) is 3.19. The van der Waals surface area contributed by atoms with Gasteiger partial charge in [-0.1, -0.05) is 30.3 Å². The Morgan fingerprint density at radius 3 is 2.44 bits per heavy atom. The van der Waals surface area contributed by atoms with E-state index in [1.807, 2.05) is 54.6 Å². The van der Waals surface area contributed by atoms with Gasteiger partial charge in [-0.2, -0.15) is 0 Å². The molecule has 2 heterocycles. The second kappa shape index (κ2) is 9.58. The lowest BCUT2D eigenvalue weighted by atomic mass is 9.99. The van der Waals surface area contributed by atoms with Gasteiger partial charge in [0, 0.05) is 18.5 Å². The molecule has 170 valence electrons. The van der Waals surface area contributed by atoms with E-state index in [4.69, 9.17) is 23.7 Å². The second-order valence-electron chi connectivity index (χ2n) is 8.04. The SMILES string of the molecule is COC(=O)[C@]1(C)OC[C@H](Cc2ccc(OCC3CN(c4ccccc4)C(=O)O3)cc2)CO1. The maximum Gasteiger partial charge on any atom is 0.414 e. The number of amides is 1. The fourth-order valence-corrected chi connectivity index (χ4v) is 3.74. The molecule has 1 amide bonds. The first kappa shape index (κ1) is 22.1. The molecule has 1 unspecified atom stereocenters. The molecule has 2 saturated heterocycles. The monoisotopic (exact) mass is 441 g/mol. The number of cyclic esters (lactones) is 1. The maximum atomic E-state index is 12.1. The van der Waals surface area contributed by atoms with E-state index in [1.54, 1.807) is 11.8 Å². The lowest BCUT2D eigenvalue weighted by Crippen LogP contribution is -2.48. The van der Waals surface area contributed by atoms with Gasteiger partial charge >= 0.3 is 12.1 Å². The Kier molecular flexibility index (Phi) is 6.62. The van der Waals surface area contributed by atoms with E-state index < -0.39 is 11.8 Å². The Balaban J connectivity index is 1.24. The number of anilines is 1. The fraction of sp³-hybridized carbons (Fsp3) is 0.417. The van der Waals surface area contributed by atoms with Gasteiger partial charge in [-0.25, -0.2) is 9.59 Å². The fourth-order valence-electron chi connectivity index (χ4n) is 3.74. The minimum Gasteiger partial charge on any atom is -0.490 e. The van der Waals surface area contributed by atoms with Gasteiger partial charge in [-0.05, 0) is 36.2 Å². The number of benzene rings is 2. The van der Waals surface area contributed by atoms with Gasteiger partial charge in [0.15, 0.2) is 6.10 Å². The van der Waals surface area contributed by atoms with E-state index in [0.717, 1.165) is 17.7 Å².